The van der Waals surface area contributed by atoms with Gasteiger partial charge in [0.05, 0.1) is 11.6 Å². The minimum Gasteiger partial charge on any atom is -0.497 e. The van der Waals surface area contributed by atoms with Crippen LogP contribution >= 0.6 is 15.9 Å². The van der Waals surface area contributed by atoms with Crippen molar-refractivity contribution in [1.82, 2.24) is 5.48 Å². The fourth-order valence-corrected chi connectivity index (χ4v) is 1.32. The minimum atomic E-state index is -0.412. The summed E-state index contributed by atoms with van der Waals surface area (Å²) in [6, 6.07) is 2.90. The van der Waals surface area contributed by atoms with Gasteiger partial charge >= 0.3 is 0 Å². The van der Waals surface area contributed by atoms with E-state index in [0.29, 0.717) is 15.8 Å². The average molecular weight is 250 g/mol. The highest BCUT2D eigenvalue weighted by atomic mass is 79.9. The SMILES string of the molecule is COc1cc(F)c(Br)c(CNO)c1. The van der Waals surface area contributed by atoms with Gasteiger partial charge in [0.25, 0.3) is 0 Å². The number of halogens is 2. The Balaban J connectivity index is 3.09. The summed E-state index contributed by atoms with van der Waals surface area (Å²) in [5, 5.41) is 8.46. The number of hydrogen-bond donors (Lipinski definition) is 2. The van der Waals surface area contributed by atoms with Crippen LogP contribution in [-0.4, -0.2) is 12.3 Å². The molecule has 13 heavy (non-hydrogen) atoms. The molecule has 0 unspecified atom stereocenters. The van der Waals surface area contributed by atoms with Gasteiger partial charge in [0.1, 0.15) is 11.6 Å². The van der Waals surface area contributed by atoms with Crippen LogP contribution in [-0.2, 0) is 6.54 Å². The van der Waals surface area contributed by atoms with E-state index in [1.807, 2.05) is 5.48 Å². The minimum absolute atomic E-state index is 0.161. The third-order valence-corrected chi connectivity index (χ3v) is 2.47. The van der Waals surface area contributed by atoms with Gasteiger partial charge in [-0.15, -0.1) is 0 Å². The lowest BCUT2D eigenvalue weighted by Gasteiger charge is -2.07. The van der Waals surface area contributed by atoms with Crippen molar-refractivity contribution in [2.45, 2.75) is 6.54 Å². The van der Waals surface area contributed by atoms with Crippen molar-refractivity contribution < 1.29 is 14.3 Å². The first kappa shape index (κ1) is 10.4. The van der Waals surface area contributed by atoms with Crippen LogP contribution < -0.4 is 10.2 Å². The zero-order chi connectivity index (χ0) is 9.84. The smallest absolute Gasteiger partial charge is 0.141 e. The Kier molecular flexibility index (Phi) is 3.65. The van der Waals surface area contributed by atoms with Gasteiger partial charge in [-0.1, -0.05) is 0 Å². The zero-order valence-corrected chi connectivity index (χ0v) is 8.56. The van der Waals surface area contributed by atoms with Crippen LogP contribution in [0.1, 0.15) is 5.56 Å². The summed E-state index contributed by atoms with van der Waals surface area (Å²) in [4.78, 5) is 0. The van der Waals surface area contributed by atoms with E-state index in [-0.39, 0.29) is 6.54 Å². The second kappa shape index (κ2) is 4.55. The molecule has 5 heteroatoms. The predicted molar refractivity (Wildman–Crippen MR) is 49.3 cm³/mol. The number of hydrogen-bond acceptors (Lipinski definition) is 3. The second-order valence-electron chi connectivity index (χ2n) is 2.42. The normalized spacial score (nSPS) is 10.2. The van der Waals surface area contributed by atoms with Crippen molar-refractivity contribution in [1.29, 1.82) is 0 Å². The zero-order valence-electron chi connectivity index (χ0n) is 6.97. The molecule has 3 nitrogen and oxygen atoms in total. The Bertz CT molecular complexity index is 306. The van der Waals surface area contributed by atoms with Gasteiger partial charge in [-0.05, 0) is 27.6 Å². The number of methoxy groups -OCH3 is 1. The van der Waals surface area contributed by atoms with Crippen LogP contribution in [0.4, 0.5) is 4.39 Å². The molecule has 0 fully saturated rings. The highest BCUT2D eigenvalue weighted by molar-refractivity contribution is 9.10. The van der Waals surface area contributed by atoms with Crippen LogP contribution in [0, 0.1) is 5.82 Å². The van der Waals surface area contributed by atoms with E-state index in [0.717, 1.165) is 0 Å². The van der Waals surface area contributed by atoms with E-state index in [4.69, 9.17) is 9.94 Å². The number of ether oxygens (including phenoxy) is 1. The molecule has 0 aliphatic heterocycles. The number of rotatable bonds is 3. The maximum absolute atomic E-state index is 13.1. The third-order valence-electron chi connectivity index (χ3n) is 1.58. The summed E-state index contributed by atoms with van der Waals surface area (Å²) >= 11 is 3.06. The molecule has 0 spiro atoms. The fourth-order valence-electron chi connectivity index (χ4n) is 0.950. The van der Waals surface area contributed by atoms with E-state index in [1.54, 1.807) is 6.07 Å². The molecular weight excluding hydrogens is 241 g/mol. The van der Waals surface area contributed by atoms with Crippen LogP contribution in [0.2, 0.25) is 0 Å². The molecule has 72 valence electrons. The largest absolute Gasteiger partial charge is 0.497 e. The van der Waals surface area contributed by atoms with Crippen molar-refractivity contribution in [2.24, 2.45) is 0 Å². The number of benzene rings is 1. The first-order valence-corrected chi connectivity index (χ1v) is 4.37. The van der Waals surface area contributed by atoms with Gasteiger partial charge < -0.3 is 9.94 Å². The molecule has 0 aliphatic rings. The first-order valence-electron chi connectivity index (χ1n) is 3.58. The van der Waals surface area contributed by atoms with Crippen molar-refractivity contribution >= 4 is 15.9 Å². The number of nitrogens with one attached hydrogen (secondary N) is 1. The Labute approximate surface area is 83.6 Å². The van der Waals surface area contributed by atoms with E-state index in [1.165, 1.54) is 13.2 Å². The lowest BCUT2D eigenvalue weighted by molar-refractivity contribution is 0.161. The van der Waals surface area contributed by atoms with Crippen molar-refractivity contribution in [3.8, 4) is 5.75 Å². The van der Waals surface area contributed by atoms with E-state index < -0.39 is 5.82 Å². The fraction of sp³-hybridized carbons (Fsp3) is 0.250. The molecule has 0 atom stereocenters. The van der Waals surface area contributed by atoms with Gasteiger partial charge in [0, 0.05) is 12.6 Å². The highest BCUT2D eigenvalue weighted by Crippen LogP contribution is 2.26. The molecule has 0 saturated carbocycles. The van der Waals surface area contributed by atoms with Crippen LogP contribution in [0.15, 0.2) is 16.6 Å². The van der Waals surface area contributed by atoms with Crippen molar-refractivity contribution in [3.05, 3.63) is 28.0 Å². The van der Waals surface area contributed by atoms with Crippen LogP contribution in [0.25, 0.3) is 0 Å². The molecule has 0 radical (unpaired) electrons. The molecule has 0 bridgehead atoms. The molecule has 0 aliphatic carbocycles. The molecule has 1 aromatic carbocycles. The third kappa shape index (κ3) is 2.40. The van der Waals surface area contributed by atoms with Crippen molar-refractivity contribution in [3.63, 3.8) is 0 Å². The number of hydroxylamine groups is 1. The van der Waals surface area contributed by atoms with E-state index >= 15 is 0 Å². The van der Waals surface area contributed by atoms with Gasteiger partial charge in [-0.25, -0.2) is 9.87 Å². The molecular formula is C8H9BrFNO2. The first-order chi connectivity index (χ1) is 6.19. The van der Waals surface area contributed by atoms with E-state index in [9.17, 15) is 4.39 Å². The standard InChI is InChI=1S/C8H9BrFNO2/c1-13-6-2-5(4-11-12)8(9)7(10)3-6/h2-3,11-12H,4H2,1H3. The van der Waals surface area contributed by atoms with E-state index in [2.05, 4.69) is 15.9 Å². The summed E-state index contributed by atoms with van der Waals surface area (Å²) in [6.45, 7) is 0.161. The molecule has 0 heterocycles. The molecule has 0 aromatic heterocycles. The summed E-state index contributed by atoms with van der Waals surface area (Å²) < 4.78 is 18.3. The van der Waals surface area contributed by atoms with Gasteiger partial charge in [-0.3, -0.25) is 0 Å². The lowest BCUT2D eigenvalue weighted by atomic mass is 10.2. The molecule has 2 N–H and O–H groups in total. The molecule has 1 aromatic rings. The highest BCUT2D eigenvalue weighted by Gasteiger charge is 2.08. The predicted octanol–water partition coefficient (Wildman–Crippen LogP) is 2.08. The lowest BCUT2D eigenvalue weighted by Crippen LogP contribution is -2.07. The summed E-state index contributed by atoms with van der Waals surface area (Å²) in [7, 11) is 1.46. The molecule has 0 saturated heterocycles. The van der Waals surface area contributed by atoms with Gasteiger partial charge in [0.2, 0.25) is 0 Å². The van der Waals surface area contributed by atoms with Gasteiger partial charge in [0.15, 0.2) is 0 Å². The summed E-state index contributed by atoms with van der Waals surface area (Å²) in [5.41, 5.74) is 2.55. The Hall–Kier alpha value is -0.650. The molecule has 1 rings (SSSR count). The average Bonchev–Trinajstić information content (AvgIpc) is 2.13. The maximum Gasteiger partial charge on any atom is 0.141 e. The molecule has 0 amide bonds. The summed E-state index contributed by atoms with van der Waals surface area (Å²) in [6.07, 6.45) is 0. The van der Waals surface area contributed by atoms with Crippen LogP contribution in [0.3, 0.4) is 0 Å². The second-order valence-corrected chi connectivity index (χ2v) is 3.21. The maximum atomic E-state index is 13.1. The topological polar surface area (TPSA) is 41.5 Å². The Morgan fingerprint density at radius 2 is 2.31 bits per heavy atom. The quantitative estimate of drug-likeness (QED) is 0.807. The van der Waals surface area contributed by atoms with Gasteiger partial charge in [-0.2, -0.15) is 0 Å². The van der Waals surface area contributed by atoms with Crippen molar-refractivity contribution in [2.75, 3.05) is 7.11 Å². The Morgan fingerprint density at radius 3 is 2.85 bits per heavy atom. The van der Waals surface area contributed by atoms with Crippen LogP contribution in [0.5, 0.6) is 5.75 Å². The monoisotopic (exact) mass is 249 g/mol. The summed E-state index contributed by atoms with van der Waals surface area (Å²) in [5.74, 6) is 0.00977. The Morgan fingerprint density at radius 1 is 1.62 bits per heavy atom.